The quantitative estimate of drug-likeness (QED) is 0.477. The van der Waals surface area contributed by atoms with Crippen LogP contribution in [0.5, 0.6) is 0 Å². The third-order valence-electron chi connectivity index (χ3n) is 3.05. The molecule has 0 spiro atoms. The Kier molecular flexibility index (Phi) is 2.29. The van der Waals surface area contributed by atoms with E-state index < -0.39 is 0 Å². The molecule has 1 rings (SSSR count). The maximum Gasteiger partial charge on any atom is 0.0339 e. The average Bonchev–Trinajstić information content (AvgIpc) is 1.81. The van der Waals surface area contributed by atoms with Crippen LogP contribution in [0.15, 0.2) is 0 Å². The molecule has 1 heteroatoms. The molecule has 1 aliphatic rings. The van der Waals surface area contributed by atoms with E-state index in [2.05, 4.69) is 20.8 Å². The van der Waals surface area contributed by atoms with Crippen LogP contribution < -0.4 is 0 Å². The summed E-state index contributed by atoms with van der Waals surface area (Å²) in [5, 5.41) is 0.447. The molecule has 0 heterocycles. The lowest BCUT2D eigenvalue weighted by molar-refractivity contribution is 0.157. The molecule has 0 saturated heterocycles. The lowest BCUT2D eigenvalue weighted by Gasteiger charge is -2.38. The van der Waals surface area contributed by atoms with Crippen LogP contribution in [0.2, 0.25) is 0 Å². The number of alkyl halides is 1. The summed E-state index contributed by atoms with van der Waals surface area (Å²) in [6.45, 7) is 7.01. The number of rotatable bonds is 0. The van der Waals surface area contributed by atoms with Gasteiger partial charge in [0, 0.05) is 5.38 Å². The summed E-state index contributed by atoms with van der Waals surface area (Å²) in [6, 6.07) is 0. The molecule has 0 amide bonds. The summed E-state index contributed by atoms with van der Waals surface area (Å²) < 4.78 is 0. The van der Waals surface area contributed by atoms with Gasteiger partial charge in [0.25, 0.3) is 0 Å². The SMILES string of the molecule is CC1CC(Cl)CCC1(C)C. The monoisotopic (exact) mass is 160 g/mol. The molecule has 0 nitrogen and oxygen atoms in total. The Labute approximate surface area is 69.0 Å². The van der Waals surface area contributed by atoms with Gasteiger partial charge in [0.15, 0.2) is 0 Å². The van der Waals surface area contributed by atoms with Crippen molar-refractivity contribution < 1.29 is 0 Å². The minimum Gasteiger partial charge on any atom is -0.123 e. The van der Waals surface area contributed by atoms with Crippen LogP contribution in [0.4, 0.5) is 0 Å². The van der Waals surface area contributed by atoms with Crippen LogP contribution in [0.1, 0.15) is 40.0 Å². The Morgan fingerprint density at radius 1 is 1.40 bits per heavy atom. The van der Waals surface area contributed by atoms with Gasteiger partial charge in [0.05, 0.1) is 0 Å². The van der Waals surface area contributed by atoms with Crippen molar-refractivity contribution in [1.82, 2.24) is 0 Å². The van der Waals surface area contributed by atoms with Crippen LogP contribution in [0.25, 0.3) is 0 Å². The molecule has 0 bridgehead atoms. The minimum absolute atomic E-state index is 0.447. The molecular formula is C9H17Cl. The Balaban J connectivity index is 2.52. The van der Waals surface area contributed by atoms with E-state index in [0.29, 0.717) is 10.8 Å². The largest absolute Gasteiger partial charge is 0.123 e. The standard InChI is InChI=1S/C9H17Cl/c1-7-6-8(10)4-5-9(7,2)3/h7-8H,4-6H2,1-3H3. The lowest BCUT2D eigenvalue weighted by Crippen LogP contribution is -2.30. The van der Waals surface area contributed by atoms with Gasteiger partial charge in [-0.05, 0) is 30.6 Å². The fraction of sp³-hybridized carbons (Fsp3) is 1.00. The van der Waals surface area contributed by atoms with Crippen molar-refractivity contribution in [2.45, 2.75) is 45.4 Å². The summed E-state index contributed by atoms with van der Waals surface area (Å²) in [5.41, 5.74) is 0.533. The van der Waals surface area contributed by atoms with E-state index in [1.54, 1.807) is 0 Å². The van der Waals surface area contributed by atoms with Crippen LogP contribution >= 0.6 is 11.6 Å². The molecule has 10 heavy (non-hydrogen) atoms. The molecule has 0 N–H and O–H groups in total. The number of halogens is 1. The molecule has 0 aromatic heterocycles. The fourth-order valence-corrected chi connectivity index (χ4v) is 1.97. The van der Waals surface area contributed by atoms with E-state index in [4.69, 9.17) is 11.6 Å². The Morgan fingerprint density at radius 2 is 2.00 bits per heavy atom. The van der Waals surface area contributed by atoms with Gasteiger partial charge in [-0.25, -0.2) is 0 Å². The number of hydrogen-bond donors (Lipinski definition) is 0. The second-order valence-corrected chi connectivity index (χ2v) is 4.88. The van der Waals surface area contributed by atoms with Crippen LogP contribution in [-0.2, 0) is 0 Å². The van der Waals surface area contributed by atoms with Crippen molar-refractivity contribution in [3.63, 3.8) is 0 Å². The van der Waals surface area contributed by atoms with Gasteiger partial charge < -0.3 is 0 Å². The number of hydrogen-bond acceptors (Lipinski definition) is 0. The van der Waals surface area contributed by atoms with Gasteiger partial charge in [0.2, 0.25) is 0 Å². The van der Waals surface area contributed by atoms with Crippen molar-refractivity contribution in [2.24, 2.45) is 11.3 Å². The molecule has 1 aliphatic carbocycles. The molecule has 0 aromatic carbocycles. The second kappa shape index (κ2) is 2.73. The third-order valence-corrected chi connectivity index (χ3v) is 3.44. The molecule has 60 valence electrons. The van der Waals surface area contributed by atoms with Gasteiger partial charge in [-0.3, -0.25) is 0 Å². The third kappa shape index (κ3) is 1.66. The van der Waals surface area contributed by atoms with Gasteiger partial charge >= 0.3 is 0 Å². The fourth-order valence-electron chi connectivity index (χ4n) is 1.60. The average molecular weight is 161 g/mol. The van der Waals surface area contributed by atoms with Crippen molar-refractivity contribution in [3.8, 4) is 0 Å². The zero-order chi connectivity index (χ0) is 7.78. The van der Waals surface area contributed by atoms with Gasteiger partial charge in [-0.1, -0.05) is 20.8 Å². The maximum atomic E-state index is 6.04. The van der Waals surface area contributed by atoms with Crippen molar-refractivity contribution in [1.29, 1.82) is 0 Å². The Hall–Kier alpha value is 0.290. The van der Waals surface area contributed by atoms with E-state index in [0.717, 1.165) is 5.92 Å². The minimum atomic E-state index is 0.447. The first-order valence-corrected chi connectivity index (χ1v) is 4.60. The van der Waals surface area contributed by atoms with Crippen LogP contribution in [0.3, 0.4) is 0 Å². The first-order valence-electron chi connectivity index (χ1n) is 4.16. The predicted octanol–water partition coefficient (Wildman–Crippen LogP) is 3.44. The van der Waals surface area contributed by atoms with Crippen molar-refractivity contribution in [3.05, 3.63) is 0 Å². The summed E-state index contributed by atoms with van der Waals surface area (Å²) in [6.07, 6.45) is 3.70. The maximum absolute atomic E-state index is 6.04. The smallest absolute Gasteiger partial charge is 0.0339 e. The van der Waals surface area contributed by atoms with E-state index in [-0.39, 0.29) is 0 Å². The van der Waals surface area contributed by atoms with E-state index in [9.17, 15) is 0 Å². The zero-order valence-corrected chi connectivity index (χ0v) is 7.91. The normalized spacial score (nSPS) is 39.6. The topological polar surface area (TPSA) is 0 Å². The highest BCUT2D eigenvalue weighted by atomic mass is 35.5. The van der Waals surface area contributed by atoms with E-state index in [1.807, 2.05) is 0 Å². The van der Waals surface area contributed by atoms with Gasteiger partial charge in [-0.15, -0.1) is 11.6 Å². The molecule has 0 radical (unpaired) electrons. The van der Waals surface area contributed by atoms with E-state index >= 15 is 0 Å². The predicted molar refractivity (Wildman–Crippen MR) is 46.4 cm³/mol. The molecule has 1 saturated carbocycles. The van der Waals surface area contributed by atoms with E-state index in [1.165, 1.54) is 19.3 Å². The summed E-state index contributed by atoms with van der Waals surface area (Å²) >= 11 is 6.04. The molecule has 1 fully saturated rings. The highest BCUT2D eigenvalue weighted by molar-refractivity contribution is 6.20. The highest BCUT2D eigenvalue weighted by Gasteiger charge is 2.32. The molecule has 0 aliphatic heterocycles. The molecular weight excluding hydrogens is 144 g/mol. The Morgan fingerprint density at radius 3 is 2.40 bits per heavy atom. The first-order chi connectivity index (χ1) is 4.52. The van der Waals surface area contributed by atoms with Gasteiger partial charge in [0.1, 0.15) is 0 Å². The summed E-state index contributed by atoms with van der Waals surface area (Å²) in [7, 11) is 0. The zero-order valence-electron chi connectivity index (χ0n) is 7.15. The lowest BCUT2D eigenvalue weighted by atomic mass is 9.70. The van der Waals surface area contributed by atoms with Crippen LogP contribution in [0, 0.1) is 11.3 Å². The van der Waals surface area contributed by atoms with Gasteiger partial charge in [-0.2, -0.15) is 0 Å². The molecule has 2 atom stereocenters. The molecule has 0 aromatic rings. The molecule has 2 unspecified atom stereocenters. The first kappa shape index (κ1) is 8.39. The van der Waals surface area contributed by atoms with Crippen molar-refractivity contribution in [2.75, 3.05) is 0 Å². The van der Waals surface area contributed by atoms with Crippen LogP contribution in [-0.4, -0.2) is 5.38 Å². The highest BCUT2D eigenvalue weighted by Crippen LogP contribution is 2.41. The second-order valence-electron chi connectivity index (χ2n) is 4.26. The Bertz CT molecular complexity index is 118. The summed E-state index contributed by atoms with van der Waals surface area (Å²) in [5.74, 6) is 0.795. The van der Waals surface area contributed by atoms with Crippen molar-refractivity contribution >= 4 is 11.6 Å². The summed E-state index contributed by atoms with van der Waals surface area (Å²) in [4.78, 5) is 0.